The Morgan fingerprint density at radius 3 is 2.61 bits per heavy atom. The van der Waals surface area contributed by atoms with Gasteiger partial charge in [0.2, 0.25) is 0 Å². The van der Waals surface area contributed by atoms with E-state index in [1.807, 2.05) is 18.4 Å². The number of aromatic nitrogens is 2. The highest BCUT2D eigenvalue weighted by atomic mass is 32.2. The fraction of sp³-hybridized carbons (Fsp3) is 0.200. The van der Waals surface area contributed by atoms with Crippen LogP contribution in [0.5, 0.6) is 0 Å². The summed E-state index contributed by atoms with van der Waals surface area (Å²) in [5.74, 6) is 0.650. The molecule has 0 saturated carbocycles. The summed E-state index contributed by atoms with van der Waals surface area (Å²) in [5, 5.41) is 26.6. The summed E-state index contributed by atoms with van der Waals surface area (Å²) >= 11 is 4.67. The second kappa shape index (κ2) is 6.58. The summed E-state index contributed by atoms with van der Waals surface area (Å²) in [6.07, 6.45) is 1.96. The smallest absolute Gasteiger partial charge is 0.423 e. The molecule has 0 aliphatic carbocycles. The van der Waals surface area contributed by atoms with Crippen LogP contribution in [0.3, 0.4) is 0 Å². The van der Waals surface area contributed by atoms with E-state index in [0.717, 1.165) is 14.2 Å². The molecule has 0 bridgehead atoms. The molecule has 0 amide bonds. The van der Waals surface area contributed by atoms with Crippen molar-refractivity contribution in [3.63, 3.8) is 0 Å². The average Bonchev–Trinajstić information content (AvgIpc) is 2.84. The van der Waals surface area contributed by atoms with Gasteiger partial charge in [0.25, 0.3) is 0 Å². The molecule has 0 fully saturated rings. The van der Waals surface area contributed by atoms with Gasteiger partial charge in [-0.1, -0.05) is 59.1 Å². The first-order valence-electron chi connectivity index (χ1n) is 5.15. The number of benzene rings is 1. The third-order valence-electron chi connectivity index (χ3n) is 2.25. The Balaban J connectivity index is 2.05. The van der Waals surface area contributed by atoms with Crippen LogP contribution in [0.4, 0.5) is 0 Å². The molecular formula is C10H11BN2O2S3. The Hall–Kier alpha value is -0.535. The minimum absolute atomic E-state index is 0.541. The Morgan fingerprint density at radius 1 is 1.22 bits per heavy atom. The fourth-order valence-corrected chi connectivity index (χ4v) is 3.85. The lowest BCUT2D eigenvalue weighted by molar-refractivity contribution is 0.425. The Kier molecular flexibility index (Phi) is 5.08. The van der Waals surface area contributed by atoms with Gasteiger partial charge in [-0.15, -0.1) is 10.2 Å². The molecule has 2 rings (SSSR count). The second-order valence-corrected chi connectivity index (χ2v) is 6.65. The number of thioether (sulfide) groups is 2. The van der Waals surface area contributed by atoms with E-state index in [-0.39, 0.29) is 0 Å². The number of hydrogen-bond acceptors (Lipinski definition) is 7. The SMILES string of the molecule is CSc1nnc(SCc2ccccc2B(O)O)s1. The van der Waals surface area contributed by atoms with E-state index in [9.17, 15) is 10.0 Å². The predicted octanol–water partition coefficient (Wildman–Crippen LogP) is 1.23. The molecule has 0 aliphatic rings. The third-order valence-corrected chi connectivity index (χ3v) is 5.33. The zero-order valence-corrected chi connectivity index (χ0v) is 12.1. The zero-order chi connectivity index (χ0) is 13.0. The molecular weight excluding hydrogens is 287 g/mol. The van der Waals surface area contributed by atoms with Crippen LogP contribution in [0, 0.1) is 0 Å². The summed E-state index contributed by atoms with van der Waals surface area (Å²) < 4.78 is 1.83. The van der Waals surface area contributed by atoms with Crippen LogP contribution < -0.4 is 5.46 Å². The van der Waals surface area contributed by atoms with Gasteiger partial charge in [-0.2, -0.15) is 0 Å². The Labute approximate surface area is 118 Å². The topological polar surface area (TPSA) is 66.2 Å². The van der Waals surface area contributed by atoms with Crippen molar-refractivity contribution < 1.29 is 10.0 Å². The summed E-state index contributed by atoms with van der Waals surface area (Å²) in [5.41, 5.74) is 1.44. The fourth-order valence-electron chi connectivity index (χ4n) is 1.40. The molecule has 0 aliphatic heterocycles. The van der Waals surface area contributed by atoms with Gasteiger partial charge < -0.3 is 10.0 Å². The summed E-state index contributed by atoms with van der Waals surface area (Å²) in [4.78, 5) is 0. The molecule has 8 heteroatoms. The molecule has 0 radical (unpaired) electrons. The zero-order valence-electron chi connectivity index (χ0n) is 9.61. The highest BCUT2D eigenvalue weighted by Crippen LogP contribution is 2.29. The van der Waals surface area contributed by atoms with Crippen molar-refractivity contribution in [1.29, 1.82) is 0 Å². The second-order valence-electron chi connectivity index (χ2n) is 3.40. The normalized spacial score (nSPS) is 10.6. The first kappa shape index (κ1) is 13.9. The molecule has 0 unspecified atom stereocenters. The van der Waals surface area contributed by atoms with Crippen molar-refractivity contribution >= 4 is 47.4 Å². The Morgan fingerprint density at radius 2 is 1.94 bits per heavy atom. The van der Waals surface area contributed by atoms with Crippen molar-refractivity contribution in [2.24, 2.45) is 0 Å². The lowest BCUT2D eigenvalue weighted by Gasteiger charge is -2.06. The quantitative estimate of drug-likeness (QED) is 0.639. The standard InChI is InChI=1S/C10H11BN2O2S3/c1-16-9-12-13-10(18-9)17-6-7-4-2-3-5-8(7)11(14)15/h2-5,14-15H,6H2,1H3. The minimum atomic E-state index is -1.43. The first-order valence-corrected chi connectivity index (χ1v) is 8.17. The van der Waals surface area contributed by atoms with Crippen LogP contribution in [0.1, 0.15) is 5.56 Å². The van der Waals surface area contributed by atoms with E-state index in [1.54, 1.807) is 47.0 Å². The van der Waals surface area contributed by atoms with Gasteiger partial charge in [-0.05, 0) is 17.3 Å². The monoisotopic (exact) mass is 298 g/mol. The van der Waals surface area contributed by atoms with Crippen molar-refractivity contribution in [2.75, 3.05) is 6.26 Å². The molecule has 0 saturated heterocycles. The van der Waals surface area contributed by atoms with Gasteiger partial charge >= 0.3 is 7.12 Å². The Bertz CT molecular complexity index is 521. The molecule has 0 spiro atoms. The van der Waals surface area contributed by atoms with Crippen LogP contribution in [-0.4, -0.2) is 33.6 Å². The predicted molar refractivity (Wildman–Crippen MR) is 77.5 cm³/mol. The van der Waals surface area contributed by atoms with Gasteiger partial charge in [0.1, 0.15) is 0 Å². The van der Waals surface area contributed by atoms with Gasteiger partial charge in [-0.25, -0.2) is 0 Å². The van der Waals surface area contributed by atoms with Gasteiger partial charge in [0.05, 0.1) is 0 Å². The lowest BCUT2D eigenvalue weighted by Crippen LogP contribution is -2.32. The van der Waals surface area contributed by atoms with Crippen molar-refractivity contribution in [3.05, 3.63) is 29.8 Å². The minimum Gasteiger partial charge on any atom is -0.423 e. The van der Waals surface area contributed by atoms with Crippen LogP contribution >= 0.6 is 34.9 Å². The summed E-state index contributed by atoms with van der Waals surface area (Å²) in [6, 6.07) is 7.28. The average molecular weight is 298 g/mol. The maximum atomic E-state index is 9.26. The number of rotatable bonds is 5. The number of nitrogens with zero attached hydrogens (tertiary/aromatic N) is 2. The summed E-state index contributed by atoms with van der Waals surface area (Å²) in [7, 11) is -1.43. The van der Waals surface area contributed by atoms with Gasteiger partial charge in [0, 0.05) is 5.75 Å². The third kappa shape index (κ3) is 3.49. The van der Waals surface area contributed by atoms with E-state index in [4.69, 9.17) is 0 Å². The molecule has 1 heterocycles. The highest BCUT2D eigenvalue weighted by molar-refractivity contribution is 8.02. The maximum Gasteiger partial charge on any atom is 0.488 e. The lowest BCUT2D eigenvalue weighted by atomic mass is 9.77. The molecule has 1 aromatic carbocycles. The van der Waals surface area contributed by atoms with E-state index in [2.05, 4.69) is 10.2 Å². The largest absolute Gasteiger partial charge is 0.488 e. The first-order chi connectivity index (χ1) is 8.70. The van der Waals surface area contributed by atoms with E-state index in [1.165, 1.54) is 0 Å². The molecule has 4 nitrogen and oxygen atoms in total. The van der Waals surface area contributed by atoms with E-state index < -0.39 is 7.12 Å². The molecule has 2 N–H and O–H groups in total. The van der Waals surface area contributed by atoms with E-state index in [0.29, 0.717) is 11.2 Å². The summed E-state index contributed by atoms with van der Waals surface area (Å²) in [6.45, 7) is 0. The van der Waals surface area contributed by atoms with Crippen molar-refractivity contribution in [2.45, 2.75) is 14.4 Å². The van der Waals surface area contributed by atoms with Crippen LogP contribution in [-0.2, 0) is 5.75 Å². The molecule has 0 atom stereocenters. The van der Waals surface area contributed by atoms with Crippen LogP contribution in [0.15, 0.2) is 32.9 Å². The highest BCUT2D eigenvalue weighted by Gasteiger charge is 2.15. The molecule has 18 heavy (non-hydrogen) atoms. The molecule has 2 aromatic rings. The molecule has 94 valence electrons. The molecule has 1 aromatic heterocycles. The van der Waals surface area contributed by atoms with Crippen LogP contribution in [0.25, 0.3) is 0 Å². The van der Waals surface area contributed by atoms with E-state index >= 15 is 0 Å². The number of hydrogen-bond donors (Lipinski definition) is 2. The van der Waals surface area contributed by atoms with Crippen molar-refractivity contribution in [1.82, 2.24) is 10.2 Å². The van der Waals surface area contributed by atoms with Crippen LogP contribution in [0.2, 0.25) is 0 Å². The van der Waals surface area contributed by atoms with Crippen molar-refractivity contribution in [3.8, 4) is 0 Å². The maximum absolute atomic E-state index is 9.26. The van der Waals surface area contributed by atoms with Gasteiger partial charge in [0.15, 0.2) is 8.68 Å². The van der Waals surface area contributed by atoms with Gasteiger partial charge in [-0.3, -0.25) is 0 Å².